The Kier molecular flexibility index (Phi) is 4.80. The summed E-state index contributed by atoms with van der Waals surface area (Å²) in [5, 5.41) is 3.48. The summed E-state index contributed by atoms with van der Waals surface area (Å²) in [7, 11) is 0. The number of halogens is 1. The normalized spacial score (nSPS) is 18.2. The highest BCUT2D eigenvalue weighted by atomic mass is 79.9. The summed E-state index contributed by atoms with van der Waals surface area (Å²) in [5.41, 5.74) is 1.11. The van der Waals surface area contributed by atoms with E-state index in [1.165, 1.54) is 32.5 Å². The predicted octanol–water partition coefficient (Wildman–Crippen LogP) is 2.99. The first-order valence-electron chi connectivity index (χ1n) is 6.34. The Morgan fingerprint density at radius 1 is 1.41 bits per heavy atom. The molecule has 2 heterocycles. The number of pyridine rings is 1. The highest BCUT2D eigenvalue weighted by Gasteiger charge is 2.17. The summed E-state index contributed by atoms with van der Waals surface area (Å²) in [6, 6.07) is 2.08. The number of likely N-dealkylation sites (tertiary alicyclic amines) is 1. The Bertz CT molecular complexity index is 348. The number of anilines is 1. The number of hydrogen-bond donors (Lipinski definition) is 1. The van der Waals surface area contributed by atoms with E-state index < -0.39 is 0 Å². The van der Waals surface area contributed by atoms with Crippen molar-refractivity contribution in [2.45, 2.75) is 19.8 Å². The first kappa shape index (κ1) is 12.8. The summed E-state index contributed by atoms with van der Waals surface area (Å²) < 4.78 is 1.03. The lowest BCUT2D eigenvalue weighted by molar-refractivity contribution is 0.198. The summed E-state index contributed by atoms with van der Waals surface area (Å²) in [5.74, 6) is 0.803. The van der Waals surface area contributed by atoms with Crippen molar-refractivity contribution < 1.29 is 0 Å². The maximum Gasteiger partial charge on any atom is 0.0538 e. The molecule has 94 valence electrons. The molecule has 0 unspecified atom stereocenters. The molecule has 0 aliphatic carbocycles. The van der Waals surface area contributed by atoms with Gasteiger partial charge in [-0.25, -0.2) is 0 Å². The van der Waals surface area contributed by atoms with E-state index in [2.05, 4.69) is 44.1 Å². The van der Waals surface area contributed by atoms with Crippen LogP contribution in [-0.4, -0.2) is 36.1 Å². The minimum atomic E-state index is 0.803. The van der Waals surface area contributed by atoms with E-state index in [9.17, 15) is 0 Å². The van der Waals surface area contributed by atoms with Crippen LogP contribution in [0.1, 0.15) is 19.8 Å². The number of aromatic nitrogens is 1. The lowest BCUT2D eigenvalue weighted by Gasteiger charge is -2.31. The van der Waals surface area contributed by atoms with Gasteiger partial charge in [-0.1, -0.05) is 6.92 Å². The van der Waals surface area contributed by atoms with E-state index in [1.54, 1.807) is 0 Å². The highest BCUT2D eigenvalue weighted by Crippen LogP contribution is 2.19. The zero-order valence-electron chi connectivity index (χ0n) is 10.3. The van der Waals surface area contributed by atoms with Gasteiger partial charge in [0.2, 0.25) is 0 Å². The molecule has 1 aromatic rings. The maximum atomic E-state index is 4.16. The number of piperidine rings is 1. The Labute approximate surface area is 112 Å². The second-order valence-corrected chi connectivity index (χ2v) is 5.57. The molecule has 4 heteroatoms. The molecule has 1 N–H and O–H groups in total. The van der Waals surface area contributed by atoms with Crippen LogP contribution < -0.4 is 5.32 Å². The van der Waals surface area contributed by atoms with Crippen LogP contribution in [0.4, 0.5) is 5.69 Å². The Morgan fingerprint density at radius 2 is 2.18 bits per heavy atom. The van der Waals surface area contributed by atoms with E-state index >= 15 is 0 Å². The molecule has 1 aromatic heterocycles. The summed E-state index contributed by atoms with van der Waals surface area (Å²) in [4.78, 5) is 6.68. The maximum absolute atomic E-state index is 4.16. The van der Waals surface area contributed by atoms with E-state index in [0.29, 0.717) is 0 Å². The average Bonchev–Trinajstić information content (AvgIpc) is 2.37. The quantitative estimate of drug-likeness (QED) is 0.926. The Hall–Kier alpha value is -0.610. The third-order valence-electron chi connectivity index (χ3n) is 3.45. The van der Waals surface area contributed by atoms with Crippen LogP contribution in [0.25, 0.3) is 0 Å². The van der Waals surface area contributed by atoms with E-state index in [-0.39, 0.29) is 0 Å². The zero-order chi connectivity index (χ0) is 12.1. The van der Waals surface area contributed by atoms with Gasteiger partial charge >= 0.3 is 0 Å². The van der Waals surface area contributed by atoms with Crippen molar-refractivity contribution in [3.8, 4) is 0 Å². The fourth-order valence-electron chi connectivity index (χ4n) is 2.28. The molecule has 1 saturated heterocycles. The van der Waals surface area contributed by atoms with Gasteiger partial charge in [0, 0.05) is 17.2 Å². The molecule has 0 amide bonds. The third kappa shape index (κ3) is 3.96. The van der Waals surface area contributed by atoms with Crippen molar-refractivity contribution >= 4 is 21.6 Å². The van der Waals surface area contributed by atoms with Gasteiger partial charge in [-0.15, -0.1) is 0 Å². The van der Waals surface area contributed by atoms with Gasteiger partial charge in [0.15, 0.2) is 0 Å². The van der Waals surface area contributed by atoms with Crippen molar-refractivity contribution in [3.05, 3.63) is 22.9 Å². The molecule has 0 aromatic carbocycles. The average molecular weight is 298 g/mol. The number of rotatable bonds is 4. The van der Waals surface area contributed by atoms with Crippen molar-refractivity contribution in [2.24, 2.45) is 5.92 Å². The molecule has 1 fully saturated rings. The Morgan fingerprint density at radius 3 is 2.82 bits per heavy atom. The Balaban J connectivity index is 1.76. The lowest BCUT2D eigenvalue weighted by atomic mass is 9.97. The smallest absolute Gasteiger partial charge is 0.0538 e. The summed E-state index contributed by atoms with van der Waals surface area (Å²) in [6.07, 6.45) is 6.31. The summed E-state index contributed by atoms with van der Waals surface area (Å²) in [6.45, 7) is 7.00. The van der Waals surface area contributed by atoms with Gasteiger partial charge < -0.3 is 10.2 Å². The van der Waals surface area contributed by atoms with Crippen LogP contribution in [0.15, 0.2) is 22.9 Å². The third-order valence-corrected chi connectivity index (χ3v) is 3.89. The molecular formula is C13H20BrN3. The molecule has 1 aliphatic rings. The molecule has 0 bridgehead atoms. The van der Waals surface area contributed by atoms with Gasteiger partial charge in [0.25, 0.3) is 0 Å². The second kappa shape index (κ2) is 6.36. The molecule has 2 rings (SSSR count). The molecule has 0 spiro atoms. The molecule has 3 nitrogen and oxygen atoms in total. The monoisotopic (exact) mass is 297 g/mol. The zero-order valence-corrected chi connectivity index (χ0v) is 11.9. The predicted molar refractivity (Wildman–Crippen MR) is 75.3 cm³/mol. The first-order valence-corrected chi connectivity index (χ1v) is 7.14. The lowest BCUT2D eigenvalue weighted by Crippen LogP contribution is -2.35. The van der Waals surface area contributed by atoms with Gasteiger partial charge in [0.05, 0.1) is 11.9 Å². The SMILES string of the molecule is CCN1CCC(CNc2cncc(Br)c2)CC1. The standard InChI is InChI=1S/C13H20BrN3/c1-2-17-5-3-11(4-6-17)8-16-13-7-12(14)9-15-10-13/h7,9-11,16H,2-6,8H2,1H3. The van der Waals surface area contributed by atoms with Crippen molar-refractivity contribution in [3.63, 3.8) is 0 Å². The second-order valence-electron chi connectivity index (χ2n) is 4.65. The molecule has 0 saturated carbocycles. The molecular weight excluding hydrogens is 278 g/mol. The van der Waals surface area contributed by atoms with Crippen LogP contribution in [0.2, 0.25) is 0 Å². The van der Waals surface area contributed by atoms with E-state index in [0.717, 1.165) is 22.6 Å². The van der Waals surface area contributed by atoms with Crippen molar-refractivity contribution in [2.75, 3.05) is 31.5 Å². The van der Waals surface area contributed by atoms with Gasteiger partial charge in [-0.05, 0) is 60.4 Å². The van der Waals surface area contributed by atoms with Crippen molar-refractivity contribution in [1.82, 2.24) is 9.88 Å². The molecule has 17 heavy (non-hydrogen) atoms. The largest absolute Gasteiger partial charge is 0.383 e. The van der Waals surface area contributed by atoms with Gasteiger partial charge in [-0.3, -0.25) is 4.98 Å². The summed E-state index contributed by atoms with van der Waals surface area (Å²) >= 11 is 3.44. The highest BCUT2D eigenvalue weighted by molar-refractivity contribution is 9.10. The van der Waals surface area contributed by atoms with E-state index in [4.69, 9.17) is 0 Å². The minimum Gasteiger partial charge on any atom is -0.383 e. The number of nitrogens with one attached hydrogen (secondary N) is 1. The topological polar surface area (TPSA) is 28.2 Å². The van der Waals surface area contributed by atoms with Crippen LogP contribution in [0, 0.1) is 5.92 Å². The van der Waals surface area contributed by atoms with Crippen LogP contribution in [-0.2, 0) is 0 Å². The van der Waals surface area contributed by atoms with E-state index in [1.807, 2.05) is 12.4 Å². The minimum absolute atomic E-state index is 0.803. The number of hydrogen-bond acceptors (Lipinski definition) is 3. The van der Waals surface area contributed by atoms with Gasteiger partial charge in [-0.2, -0.15) is 0 Å². The fraction of sp³-hybridized carbons (Fsp3) is 0.615. The van der Waals surface area contributed by atoms with Gasteiger partial charge in [0.1, 0.15) is 0 Å². The van der Waals surface area contributed by atoms with Crippen LogP contribution >= 0.6 is 15.9 Å². The van der Waals surface area contributed by atoms with Crippen LogP contribution in [0.5, 0.6) is 0 Å². The molecule has 0 radical (unpaired) electrons. The van der Waals surface area contributed by atoms with Crippen molar-refractivity contribution in [1.29, 1.82) is 0 Å². The first-order chi connectivity index (χ1) is 8.28. The fourth-order valence-corrected chi connectivity index (χ4v) is 2.64. The molecule has 1 aliphatic heterocycles. The number of nitrogens with zero attached hydrogens (tertiary/aromatic N) is 2. The molecule has 0 atom stereocenters. The van der Waals surface area contributed by atoms with Crippen LogP contribution in [0.3, 0.4) is 0 Å².